The second-order valence-electron chi connectivity index (χ2n) is 7.33. The molecule has 3 rings (SSSR count). The van der Waals surface area contributed by atoms with Crippen molar-refractivity contribution in [2.75, 3.05) is 10.6 Å². The molecule has 5 nitrogen and oxygen atoms in total. The average molecular weight is 352 g/mol. The second-order valence-corrected chi connectivity index (χ2v) is 7.33. The van der Waals surface area contributed by atoms with Gasteiger partial charge >= 0.3 is 0 Å². The third kappa shape index (κ3) is 5.04. The number of benzene rings is 1. The van der Waals surface area contributed by atoms with Crippen molar-refractivity contribution in [1.82, 2.24) is 9.97 Å². The van der Waals surface area contributed by atoms with Crippen LogP contribution in [-0.4, -0.2) is 21.9 Å². The van der Waals surface area contributed by atoms with Crippen molar-refractivity contribution in [2.24, 2.45) is 0 Å². The van der Waals surface area contributed by atoms with Gasteiger partial charge in [0, 0.05) is 17.9 Å². The topological polar surface area (TPSA) is 66.9 Å². The average Bonchev–Trinajstić information content (AvgIpc) is 2.91. The third-order valence-corrected chi connectivity index (χ3v) is 4.91. The Bertz CT molecular complexity index is 719. The largest absolute Gasteiger partial charge is 0.351 e. The summed E-state index contributed by atoms with van der Waals surface area (Å²) in [5.41, 5.74) is 2.40. The number of nitrogens with zero attached hydrogens (tertiary/aromatic N) is 2. The van der Waals surface area contributed by atoms with Gasteiger partial charge in [-0.25, -0.2) is 9.97 Å². The van der Waals surface area contributed by atoms with Crippen LogP contribution in [-0.2, 0) is 0 Å². The number of amides is 1. The van der Waals surface area contributed by atoms with E-state index in [0.29, 0.717) is 23.6 Å². The van der Waals surface area contributed by atoms with E-state index in [0.717, 1.165) is 18.5 Å². The van der Waals surface area contributed by atoms with Gasteiger partial charge in [-0.05, 0) is 42.5 Å². The quantitative estimate of drug-likeness (QED) is 0.744. The maximum atomic E-state index is 12.5. The first-order valence-electron chi connectivity index (χ1n) is 9.63. The van der Waals surface area contributed by atoms with Gasteiger partial charge in [-0.3, -0.25) is 4.79 Å². The standard InChI is InChI=1S/C21H28N4O/c1-15(2)16-9-11-18(12-10-16)23-20(26)19-13-14-22-21(25-19)24-17-7-5-3-4-6-8-17/h9-15,17H,3-8H2,1-2H3,(H,23,26)(H,22,24,25). The fraction of sp³-hybridized carbons (Fsp3) is 0.476. The lowest BCUT2D eigenvalue weighted by Gasteiger charge is -2.16. The van der Waals surface area contributed by atoms with E-state index in [1.54, 1.807) is 12.3 Å². The van der Waals surface area contributed by atoms with Crippen LogP contribution in [0.3, 0.4) is 0 Å². The van der Waals surface area contributed by atoms with E-state index >= 15 is 0 Å². The van der Waals surface area contributed by atoms with Gasteiger partial charge in [-0.1, -0.05) is 51.7 Å². The number of anilines is 2. The molecule has 1 fully saturated rings. The predicted molar refractivity (Wildman–Crippen MR) is 106 cm³/mol. The van der Waals surface area contributed by atoms with Gasteiger partial charge in [-0.15, -0.1) is 0 Å². The van der Waals surface area contributed by atoms with Gasteiger partial charge in [0.15, 0.2) is 0 Å². The lowest BCUT2D eigenvalue weighted by molar-refractivity contribution is 0.102. The molecule has 0 radical (unpaired) electrons. The minimum atomic E-state index is -0.214. The Labute approximate surface area is 155 Å². The summed E-state index contributed by atoms with van der Waals surface area (Å²) in [7, 11) is 0. The highest BCUT2D eigenvalue weighted by Gasteiger charge is 2.15. The molecule has 0 saturated heterocycles. The molecule has 1 amide bonds. The first-order valence-corrected chi connectivity index (χ1v) is 9.63. The number of carbonyl (C=O) groups excluding carboxylic acids is 1. The third-order valence-electron chi connectivity index (χ3n) is 4.91. The summed E-state index contributed by atoms with van der Waals surface area (Å²) >= 11 is 0. The molecule has 1 aliphatic rings. The molecule has 26 heavy (non-hydrogen) atoms. The molecular weight excluding hydrogens is 324 g/mol. The highest BCUT2D eigenvalue weighted by atomic mass is 16.1. The van der Waals surface area contributed by atoms with Gasteiger partial charge in [0.1, 0.15) is 5.69 Å². The molecular formula is C21H28N4O. The van der Waals surface area contributed by atoms with Crippen LogP contribution in [0.15, 0.2) is 36.5 Å². The summed E-state index contributed by atoms with van der Waals surface area (Å²) in [6, 6.07) is 9.99. The van der Waals surface area contributed by atoms with Crippen molar-refractivity contribution in [2.45, 2.75) is 64.3 Å². The normalized spacial score (nSPS) is 15.5. The molecule has 5 heteroatoms. The van der Waals surface area contributed by atoms with Crippen LogP contribution in [0.25, 0.3) is 0 Å². The van der Waals surface area contributed by atoms with E-state index in [4.69, 9.17) is 0 Å². The van der Waals surface area contributed by atoms with Crippen molar-refractivity contribution in [3.8, 4) is 0 Å². The second kappa shape index (κ2) is 8.79. The molecule has 1 aliphatic carbocycles. The zero-order valence-corrected chi connectivity index (χ0v) is 15.7. The molecule has 0 bridgehead atoms. The Morgan fingerprint density at radius 1 is 1.04 bits per heavy atom. The zero-order valence-electron chi connectivity index (χ0n) is 15.7. The van der Waals surface area contributed by atoms with E-state index in [1.807, 2.05) is 24.3 Å². The molecule has 2 N–H and O–H groups in total. The fourth-order valence-corrected chi connectivity index (χ4v) is 3.31. The summed E-state index contributed by atoms with van der Waals surface area (Å²) in [6.07, 6.45) is 9.01. The van der Waals surface area contributed by atoms with E-state index in [1.165, 1.54) is 31.2 Å². The Morgan fingerprint density at radius 2 is 1.73 bits per heavy atom. The van der Waals surface area contributed by atoms with Crippen LogP contribution in [0.2, 0.25) is 0 Å². The molecule has 0 aliphatic heterocycles. The molecule has 0 atom stereocenters. The number of aromatic nitrogens is 2. The smallest absolute Gasteiger partial charge is 0.274 e. The van der Waals surface area contributed by atoms with Crippen LogP contribution in [0.5, 0.6) is 0 Å². The first kappa shape index (κ1) is 18.4. The Hall–Kier alpha value is -2.43. The van der Waals surface area contributed by atoms with Gasteiger partial charge in [0.2, 0.25) is 5.95 Å². The molecule has 1 aromatic heterocycles. The lowest BCUT2D eigenvalue weighted by Crippen LogP contribution is -2.21. The van der Waals surface area contributed by atoms with Crippen molar-refractivity contribution >= 4 is 17.5 Å². The highest BCUT2D eigenvalue weighted by Crippen LogP contribution is 2.20. The maximum Gasteiger partial charge on any atom is 0.274 e. The van der Waals surface area contributed by atoms with Crippen LogP contribution < -0.4 is 10.6 Å². The summed E-state index contributed by atoms with van der Waals surface area (Å²) < 4.78 is 0. The zero-order chi connectivity index (χ0) is 18.4. The van der Waals surface area contributed by atoms with Gasteiger partial charge < -0.3 is 10.6 Å². The number of rotatable bonds is 5. The van der Waals surface area contributed by atoms with E-state index in [2.05, 4.69) is 34.4 Å². The van der Waals surface area contributed by atoms with Crippen LogP contribution in [0, 0.1) is 0 Å². The Kier molecular flexibility index (Phi) is 6.21. The van der Waals surface area contributed by atoms with E-state index < -0.39 is 0 Å². The summed E-state index contributed by atoms with van der Waals surface area (Å²) in [4.78, 5) is 21.2. The predicted octanol–water partition coefficient (Wildman–Crippen LogP) is 4.99. The first-order chi connectivity index (χ1) is 12.6. The molecule has 1 heterocycles. The Balaban J connectivity index is 1.63. The van der Waals surface area contributed by atoms with Crippen molar-refractivity contribution in [1.29, 1.82) is 0 Å². The molecule has 0 unspecified atom stereocenters. The fourth-order valence-electron chi connectivity index (χ4n) is 3.31. The van der Waals surface area contributed by atoms with Gasteiger partial charge in [0.25, 0.3) is 5.91 Å². The van der Waals surface area contributed by atoms with E-state index in [9.17, 15) is 4.79 Å². The number of hydrogen-bond acceptors (Lipinski definition) is 4. The van der Waals surface area contributed by atoms with Crippen molar-refractivity contribution < 1.29 is 4.79 Å². The van der Waals surface area contributed by atoms with Crippen LogP contribution in [0.4, 0.5) is 11.6 Å². The van der Waals surface area contributed by atoms with Crippen LogP contribution in [0.1, 0.15) is 74.3 Å². The highest BCUT2D eigenvalue weighted by molar-refractivity contribution is 6.02. The summed E-state index contributed by atoms with van der Waals surface area (Å²) in [6.45, 7) is 4.30. The number of hydrogen-bond donors (Lipinski definition) is 2. The minimum Gasteiger partial charge on any atom is -0.351 e. The number of nitrogens with one attached hydrogen (secondary N) is 2. The molecule has 0 spiro atoms. The maximum absolute atomic E-state index is 12.5. The molecule has 1 saturated carbocycles. The molecule has 1 aromatic carbocycles. The van der Waals surface area contributed by atoms with E-state index in [-0.39, 0.29) is 5.91 Å². The minimum absolute atomic E-state index is 0.214. The van der Waals surface area contributed by atoms with Crippen molar-refractivity contribution in [3.63, 3.8) is 0 Å². The molecule has 138 valence electrons. The SMILES string of the molecule is CC(C)c1ccc(NC(=O)c2ccnc(NC3CCCCCC3)n2)cc1. The van der Waals surface area contributed by atoms with Gasteiger partial charge in [-0.2, -0.15) is 0 Å². The molecule has 2 aromatic rings. The van der Waals surface area contributed by atoms with Crippen molar-refractivity contribution in [3.05, 3.63) is 47.8 Å². The van der Waals surface area contributed by atoms with Crippen LogP contribution >= 0.6 is 0 Å². The summed E-state index contributed by atoms with van der Waals surface area (Å²) in [5.74, 6) is 0.799. The monoisotopic (exact) mass is 352 g/mol. The lowest BCUT2D eigenvalue weighted by atomic mass is 10.0. The van der Waals surface area contributed by atoms with Gasteiger partial charge in [0.05, 0.1) is 0 Å². The Morgan fingerprint density at radius 3 is 2.38 bits per heavy atom. The number of carbonyl (C=O) groups is 1. The summed E-state index contributed by atoms with van der Waals surface area (Å²) in [5, 5.41) is 6.31.